The molecule has 16 heavy (non-hydrogen) atoms. The van der Waals surface area contributed by atoms with Crippen molar-refractivity contribution in [3.05, 3.63) is 11.6 Å². The largest absolute Gasteiger partial charge is 0.355 e. The minimum Gasteiger partial charge on any atom is -0.355 e. The van der Waals surface area contributed by atoms with Gasteiger partial charge in [0, 0.05) is 20.6 Å². The van der Waals surface area contributed by atoms with Gasteiger partial charge >= 0.3 is 0 Å². The topological polar surface area (TPSA) is 52.7 Å². The van der Waals surface area contributed by atoms with Gasteiger partial charge in [-0.3, -0.25) is 14.6 Å². The Balaban J connectivity index is 2.42. The number of carbonyl (C=O) groups is 2. The number of hydrogen-bond acceptors (Lipinski definition) is 3. The molecule has 1 N–H and O–H groups in total. The number of fused-ring (bicyclic) bond motifs is 1. The van der Waals surface area contributed by atoms with Crippen molar-refractivity contribution < 1.29 is 9.59 Å². The van der Waals surface area contributed by atoms with Gasteiger partial charge in [-0.1, -0.05) is 0 Å². The van der Waals surface area contributed by atoms with Crippen LogP contribution in [0.15, 0.2) is 11.6 Å². The van der Waals surface area contributed by atoms with Crippen LogP contribution in [0.1, 0.15) is 19.8 Å². The van der Waals surface area contributed by atoms with Gasteiger partial charge in [-0.05, 0) is 25.8 Å². The summed E-state index contributed by atoms with van der Waals surface area (Å²) in [5.41, 5.74) is 0.0653. The molecule has 0 spiro atoms. The molecule has 0 aromatic rings. The molecule has 2 aliphatic heterocycles. The molecule has 0 aliphatic carbocycles. The molecule has 0 saturated carbocycles. The second-order valence-electron chi connectivity index (χ2n) is 4.55. The number of amides is 2. The van der Waals surface area contributed by atoms with Crippen LogP contribution >= 0.6 is 0 Å². The Labute approximate surface area is 95.1 Å². The lowest BCUT2D eigenvalue weighted by molar-refractivity contribution is -0.150. The van der Waals surface area contributed by atoms with Gasteiger partial charge in [0.15, 0.2) is 0 Å². The highest BCUT2D eigenvalue weighted by Crippen LogP contribution is 2.35. The summed E-state index contributed by atoms with van der Waals surface area (Å²) in [5, 5.41) is 6.11. The maximum Gasteiger partial charge on any atom is 0.273 e. The van der Waals surface area contributed by atoms with Crippen molar-refractivity contribution in [2.24, 2.45) is 0 Å². The van der Waals surface area contributed by atoms with Crippen molar-refractivity contribution in [3.63, 3.8) is 0 Å². The molecule has 2 heterocycles. The predicted octanol–water partition coefficient (Wildman–Crippen LogP) is -0.0997. The molecular formula is C11H17N3O2. The molecule has 5 nitrogen and oxygen atoms in total. The van der Waals surface area contributed by atoms with Crippen molar-refractivity contribution >= 4 is 11.8 Å². The van der Waals surface area contributed by atoms with Gasteiger partial charge in [-0.15, -0.1) is 0 Å². The van der Waals surface area contributed by atoms with Gasteiger partial charge < -0.3 is 5.32 Å². The average molecular weight is 223 g/mol. The van der Waals surface area contributed by atoms with E-state index in [1.807, 2.05) is 5.01 Å². The maximum atomic E-state index is 12.0. The molecule has 1 fully saturated rings. The maximum absolute atomic E-state index is 12.0. The Kier molecular flexibility index (Phi) is 2.50. The van der Waals surface area contributed by atoms with Crippen molar-refractivity contribution in [2.45, 2.75) is 25.3 Å². The molecule has 2 amide bonds. The van der Waals surface area contributed by atoms with Crippen molar-refractivity contribution in [1.29, 1.82) is 0 Å². The van der Waals surface area contributed by atoms with E-state index in [0.717, 1.165) is 19.4 Å². The molecule has 5 heteroatoms. The first-order chi connectivity index (χ1) is 7.49. The molecule has 0 aromatic heterocycles. The van der Waals surface area contributed by atoms with Crippen LogP contribution in [0.5, 0.6) is 0 Å². The van der Waals surface area contributed by atoms with Crippen molar-refractivity contribution in [1.82, 2.24) is 15.3 Å². The first-order valence-electron chi connectivity index (χ1n) is 5.50. The number of carbonyl (C=O) groups excluding carboxylic acids is 2. The molecule has 1 saturated heterocycles. The third-order valence-corrected chi connectivity index (χ3v) is 3.46. The van der Waals surface area contributed by atoms with E-state index in [4.69, 9.17) is 0 Å². The number of nitrogens with zero attached hydrogens (tertiary/aromatic N) is 2. The van der Waals surface area contributed by atoms with Crippen LogP contribution in [-0.2, 0) is 9.59 Å². The van der Waals surface area contributed by atoms with Crippen LogP contribution in [-0.4, -0.2) is 48.0 Å². The van der Waals surface area contributed by atoms with Crippen LogP contribution < -0.4 is 5.32 Å². The minimum atomic E-state index is -0.301. The van der Waals surface area contributed by atoms with Crippen molar-refractivity contribution in [3.8, 4) is 0 Å². The van der Waals surface area contributed by atoms with Gasteiger partial charge in [0.2, 0.25) is 0 Å². The highest BCUT2D eigenvalue weighted by atomic mass is 16.2. The molecule has 0 bridgehead atoms. The van der Waals surface area contributed by atoms with Gasteiger partial charge in [0.1, 0.15) is 5.57 Å². The van der Waals surface area contributed by atoms with E-state index < -0.39 is 0 Å². The normalized spacial score (nSPS) is 30.1. The number of hydrogen-bond donors (Lipinski definition) is 1. The molecule has 1 atom stereocenters. The summed E-state index contributed by atoms with van der Waals surface area (Å²) in [6.45, 7) is 2.93. The Morgan fingerprint density at radius 1 is 1.56 bits per heavy atom. The van der Waals surface area contributed by atoms with E-state index >= 15 is 0 Å². The summed E-state index contributed by atoms with van der Waals surface area (Å²) in [6.07, 6.45) is 3.83. The molecule has 2 aliphatic rings. The lowest BCUT2D eigenvalue weighted by Crippen LogP contribution is -2.57. The lowest BCUT2D eigenvalue weighted by atomic mass is 9.93. The smallest absolute Gasteiger partial charge is 0.273 e. The van der Waals surface area contributed by atoms with Gasteiger partial charge in [-0.2, -0.15) is 0 Å². The molecule has 0 radical (unpaired) electrons. The fourth-order valence-corrected chi connectivity index (χ4v) is 2.56. The Hall–Kier alpha value is -1.36. The number of likely N-dealkylation sites (N-methyl/N-ethyl adjacent to an activating group) is 2. The van der Waals surface area contributed by atoms with E-state index in [2.05, 4.69) is 12.2 Å². The average Bonchev–Trinajstić information content (AvgIpc) is 2.65. The summed E-state index contributed by atoms with van der Waals surface area (Å²) in [4.78, 5) is 23.6. The zero-order valence-corrected chi connectivity index (χ0v) is 9.91. The van der Waals surface area contributed by atoms with Crippen LogP contribution in [0, 0.1) is 0 Å². The van der Waals surface area contributed by atoms with Gasteiger partial charge in [0.25, 0.3) is 11.8 Å². The van der Waals surface area contributed by atoms with Crippen molar-refractivity contribution in [2.75, 3.05) is 20.6 Å². The van der Waals surface area contributed by atoms with Crippen LogP contribution in [0.4, 0.5) is 0 Å². The Bertz CT molecular complexity index is 377. The molecule has 88 valence electrons. The summed E-state index contributed by atoms with van der Waals surface area (Å²) >= 11 is 0. The van der Waals surface area contributed by atoms with E-state index in [9.17, 15) is 9.59 Å². The fraction of sp³-hybridized carbons (Fsp3) is 0.636. The minimum absolute atomic E-state index is 0.190. The third kappa shape index (κ3) is 1.43. The van der Waals surface area contributed by atoms with E-state index in [1.54, 1.807) is 25.2 Å². The highest BCUT2D eigenvalue weighted by Gasteiger charge is 2.44. The number of rotatable bonds is 1. The van der Waals surface area contributed by atoms with Crippen LogP contribution in [0.25, 0.3) is 0 Å². The first-order valence-corrected chi connectivity index (χ1v) is 5.50. The standard InChI is InChI=1S/C11H17N3O2/c1-11-5-4-6-14(11)13(3)10(16)8(7-11)9(15)12-2/h7H,4-6H2,1-3H3,(H,12,15). The summed E-state index contributed by atoms with van der Waals surface area (Å²) < 4.78 is 0. The highest BCUT2D eigenvalue weighted by molar-refractivity contribution is 6.18. The molecule has 2 rings (SSSR count). The predicted molar refractivity (Wildman–Crippen MR) is 59.3 cm³/mol. The van der Waals surface area contributed by atoms with E-state index in [-0.39, 0.29) is 22.9 Å². The molecule has 0 aromatic carbocycles. The number of nitrogens with one attached hydrogen (secondary N) is 1. The van der Waals surface area contributed by atoms with Crippen LogP contribution in [0.3, 0.4) is 0 Å². The van der Waals surface area contributed by atoms with E-state index in [0.29, 0.717) is 0 Å². The summed E-state index contributed by atoms with van der Waals surface area (Å²) in [5.74, 6) is -0.525. The SMILES string of the molecule is CNC(=O)C1=CC2(C)CCCN2N(C)C1=O. The summed E-state index contributed by atoms with van der Waals surface area (Å²) in [7, 11) is 3.27. The zero-order valence-electron chi connectivity index (χ0n) is 9.91. The molecular weight excluding hydrogens is 206 g/mol. The monoisotopic (exact) mass is 223 g/mol. The third-order valence-electron chi connectivity index (χ3n) is 3.46. The van der Waals surface area contributed by atoms with Gasteiger partial charge in [-0.25, -0.2) is 5.01 Å². The summed E-state index contributed by atoms with van der Waals surface area (Å²) in [6, 6.07) is 0. The Morgan fingerprint density at radius 3 is 2.88 bits per heavy atom. The number of hydrazine groups is 1. The Morgan fingerprint density at radius 2 is 2.25 bits per heavy atom. The van der Waals surface area contributed by atoms with Crippen LogP contribution in [0.2, 0.25) is 0 Å². The second kappa shape index (κ2) is 3.59. The lowest BCUT2D eigenvalue weighted by Gasteiger charge is -2.43. The quantitative estimate of drug-likeness (QED) is 0.632. The van der Waals surface area contributed by atoms with E-state index in [1.165, 1.54) is 0 Å². The van der Waals surface area contributed by atoms with Gasteiger partial charge in [0.05, 0.1) is 5.54 Å². The second-order valence-corrected chi connectivity index (χ2v) is 4.55. The fourth-order valence-electron chi connectivity index (χ4n) is 2.56. The first kappa shape index (κ1) is 11.1. The molecule has 1 unspecified atom stereocenters. The zero-order chi connectivity index (χ0) is 11.9.